The number of pyridine rings is 1. The number of cyclic esters (lactones) is 1. The summed E-state index contributed by atoms with van der Waals surface area (Å²) in [6.07, 6.45) is 1.39. The molecule has 0 spiro atoms. The number of anilines is 2. The molecule has 3 rings (SSSR count). The maximum atomic E-state index is 13.1. The van der Waals surface area contributed by atoms with E-state index in [4.69, 9.17) is 4.74 Å². The van der Waals surface area contributed by atoms with E-state index in [1.54, 1.807) is 23.1 Å². The molecule has 0 bridgehead atoms. The smallest absolute Gasteiger partial charge is 0.414 e. The molecule has 1 aliphatic rings. The number of carbonyl (C=O) groups excluding carboxylic acids is 2. The van der Waals surface area contributed by atoms with Crippen LogP contribution in [-0.4, -0.2) is 61.7 Å². The van der Waals surface area contributed by atoms with Crippen molar-refractivity contribution in [1.29, 1.82) is 5.26 Å². The first-order chi connectivity index (χ1) is 14.8. The van der Waals surface area contributed by atoms with E-state index in [1.165, 1.54) is 4.90 Å². The van der Waals surface area contributed by atoms with E-state index in [0.29, 0.717) is 44.0 Å². The first-order valence-corrected chi connectivity index (χ1v) is 10.3. The third-order valence-corrected chi connectivity index (χ3v) is 5.35. The van der Waals surface area contributed by atoms with Crippen LogP contribution in [0.15, 0.2) is 30.5 Å². The molecule has 8 heteroatoms. The van der Waals surface area contributed by atoms with Crippen molar-refractivity contribution in [2.75, 3.05) is 49.6 Å². The van der Waals surface area contributed by atoms with E-state index in [9.17, 15) is 14.9 Å². The summed E-state index contributed by atoms with van der Waals surface area (Å²) in [5.74, 6) is 0.672. The average Bonchev–Trinajstić information content (AvgIpc) is 3.19. The lowest BCUT2D eigenvalue weighted by atomic mass is 10.1. The molecule has 2 amide bonds. The van der Waals surface area contributed by atoms with Crippen LogP contribution in [0.4, 0.5) is 16.3 Å². The fraction of sp³-hybridized carbons (Fsp3) is 0.391. The molecule has 1 saturated heterocycles. The monoisotopic (exact) mass is 421 g/mol. The van der Waals surface area contributed by atoms with Gasteiger partial charge in [0.05, 0.1) is 17.7 Å². The number of hydrogen-bond acceptors (Lipinski definition) is 6. The van der Waals surface area contributed by atoms with Crippen LogP contribution in [0, 0.1) is 25.2 Å². The Hall–Kier alpha value is -3.60. The second kappa shape index (κ2) is 9.47. The zero-order valence-corrected chi connectivity index (χ0v) is 18.4. The van der Waals surface area contributed by atoms with E-state index in [0.717, 1.165) is 16.9 Å². The second-order valence-electron chi connectivity index (χ2n) is 7.57. The zero-order chi connectivity index (χ0) is 22.5. The summed E-state index contributed by atoms with van der Waals surface area (Å²) in [5.41, 5.74) is 3.31. The Morgan fingerprint density at radius 1 is 1.29 bits per heavy atom. The van der Waals surface area contributed by atoms with Gasteiger partial charge in [-0.25, -0.2) is 9.78 Å². The maximum Gasteiger partial charge on any atom is 0.414 e. The van der Waals surface area contributed by atoms with Crippen LogP contribution in [0.5, 0.6) is 0 Å². The predicted molar refractivity (Wildman–Crippen MR) is 118 cm³/mol. The lowest BCUT2D eigenvalue weighted by Gasteiger charge is -2.26. The molecule has 1 aromatic carbocycles. The van der Waals surface area contributed by atoms with Gasteiger partial charge in [-0.3, -0.25) is 9.69 Å². The van der Waals surface area contributed by atoms with Gasteiger partial charge in [-0.05, 0) is 50.1 Å². The summed E-state index contributed by atoms with van der Waals surface area (Å²) < 4.78 is 4.95. The van der Waals surface area contributed by atoms with Gasteiger partial charge < -0.3 is 14.5 Å². The van der Waals surface area contributed by atoms with Crippen LogP contribution < -0.4 is 9.80 Å². The van der Waals surface area contributed by atoms with Crippen LogP contribution in [-0.2, 0) is 4.74 Å². The van der Waals surface area contributed by atoms with Crippen molar-refractivity contribution >= 4 is 23.5 Å². The normalized spacial score (nSPS) is 13.0. The topological polar surface area (TPSA) is 89.8 Å². The molecule has 0 saturated carbocycles. The highest BCUT2D eigenvalue weighted by molar-refractivity contribution is 5.98. The van der Waals surface area contributed by atoms with Crippen LogP contribution in [0.25, 0.3) is 0 Å². The highest BCUT2D eigenvalue weighted by Crippen LogP contribution is 2.23. The number of carbonyl (C=O) groups is 2. The minimum atomic E-state index is -0.443. The summed E-state index contributed by atoms with van der Waals surface area (Å²) in [5, 5.41) is 9.60. The highest BCUT2D eigenvalue weighted by Gasteiger charge is 2.26. The molecular formula is C23H27N5O3. The first kappa shape index (κ1) is 22.1. The van der Waals surface area contributed by atoms with E-state index < -0.39 is 6.09 Å². The number of hydrogen-bond donors (Lipinski definition) is 0. The van der Waals surface area contributed by atoms with Gasteiger partial charge >= 0.3 is 6.09 Å². The average molecular weight is 422 g/mol. The lowest BCUT2D eigenvalue weighted by Crippen LogP contribution is -2.38. The number of ether oxygens (including phenoxy) is 1. The number of aryl methyl sites for hydroxylation is 2. The van der Waals surface area contributed by atoms with Gasteiger partial charge in [0, 0.05) is 38.6 Å². The number of nitriles is 1. The van der Waals surface area contributed by atoms with Crippen LogP contribution in [0.2, 0.25) is 0 Å². The van der Waals surface area contributed by atoms with Crippen molar-refractivity contribution in [2.45, 2.75) is 20.8 Å². The number of benzene rings is 1. The molecule has 0 unspecified atom stereocenters. The first-order valence-electron chi connectivity index (χ1n) is 10.3. The molecule has 0 atom stereocenters. The molecule has 8 nitrogen and oxygen atoms in total. The van der Waals surface area contributed by atoms with Gasteiger partial charge in [0.15, 0.2) is 0 Å². The lowest BCUT2D eigenvalue weighted by molar-refractivity contribution is 0.0768. The third kappa shape index (κ3) is 4.77. The standard InChI is InChI=1S/C23H27N5O3/c1-5-27(9-8-26(4)21-17(3)12-16(2)15-25-21)22(29)20-7-6-19(13-18(20)14-24)28-10-11-31-23(28)30/h6-7,12-13,15H,5,8-11H2,1-4H3. The Bertz CT molecular complexity index is 1030. The molecule has 162 valence electrons. The summed E-state index contributed by atoms with van der Waals surface area (Å²) in [4.78, 5) is 34.6. The molecule has 0 aliphatic carbocycles. The summed E-state index contributed by atoms with van der Waals surface area (Å²) in [7, 11) is 1.95. The summed E-state index contributed by atoms with van der Waals surface area (Å²) in [6, 6.07) is 9.03. The minimum Gasteiger partial charge on any atom is -0.447 e. The van der Waals surface area contributed by atoms with E-state index in [2.05, 4.69) is 17.1 Å². The van der Waals surface area contributed by atoms with Gasteiger partial charge in [-0.2, -0.15) is 5.26 Å². The molecule has 1 aliphatic heterocycles. The van der Waals surface area contributed by atoms with Gasteiger partial charge in [0.1, 0.15) is 18.5 Å². The third-order valence-electron chi connectivity index (χ3n) is 5.35. The molecule has 0 N–H and O–H groups in total. The van der Waals surface area contributed by atoms with Crippen molar-refractivity contribution < 1.29 is 14.3 Å². The highest BCUT2D eigenvalue weighted by atomic mass is 16.6. The van der Waals surface area contributed by atoms with Gasteiger partial charge in [0.25, 0.3) is 5.91 Å². The molecule has 0 radical (unpaired) electrons. The van der Waals surface area contributed by atoms with Crippen molar-refractivity contribution in [1.82, 2.24) is 9.88 Å². The maximum absolute atomic E-state index is 13.1. The van der Waals surface area contributed by atoms with Crippen molar-refractivity contribution in [2.24, 2.45) is 0 Å². The minimum absolute atomic E-state index is 0.211. The molecular weight excluding hydrogens is 394 g/mol. The molecule has 1 aromatic heterocycles. The Morgan fingerprint density at radius 3 is 2.68 bits per heavy atom. The van der Waals surface area contributed by atoms with Crippen molar-refractivity contribution in [3.63, 3.8) is 0 Å². The summed E-state index contributed by atoms with van der Waals surface area (Å²) in [6.45, 7) is 8.29. The van der Waals surface area contributed by atoms with Crippen LogP contribution in [0.1, 0.15) is 34.0 Å². The fourth-order valence-electron chi connectivity index (χ4n) is 3.67. The second-order valence-corrected chi connectivity index (χ2v) is 7.57. The Kier molecular flexibility index (Phi) is 6.75. The van der Waals surface area contributed by atoms with Crippen molar-refractivity contribution in [3.8, 4) is 6.07 Å². The fourth-order valence-corrected chi connectivity index (χ4v) is 3.67. The van der Waals surface area contributed by atoms with E-state index in [-0.39, 0.29) is 11.5 Å². The number of rotatable bonds is 7. The largest absolute Gasteiger partial charge is 0.447 e. The number of aromatic nitrogens is 1. The Balaban J connectivity index is 1.74. The quantitative estimate of drug-likeness (QED) is 0.682. The SMILES string of the molecule is CCN(CCN(C)c1ncc(C)cc1C)C(=O)c1ccc(N2CCOC2=O)cc1C#N. The number of nitrogens with zero attached hydrogens (tertiary/aromatic N) is 5. The molecule has 1 fully saturated rings. The van der Waals surface area contributed by atoms with Crippen LogP contribution in [0.3, 0.4) is 0 Å². The zero-order valence-electron chi connectivity index (χ0n) is 18.4. The van der Waals surface area contributed by atoms with E-state index in [1.807, 2.05) is 38.9 Å². The number of amides is 2. The van der Waals surface area contributed by atoms with Gasteiger partial charge in [-0.15, -0.1) is 0 Å². The van der Waals surface area contributed by atoms with Gasteiger partial charge in [-0.1, -0.05) is 6.07 Å². The Labute approximate surface area is 182 Å². The molecule has 2 aromatic rings. The molecule has 31 heavy (non-hydrogen) atoms. The van der Waals surface area contributed by atoms with Crippen LogP contribution >= 0.6 is 0 Å². The Morgan fingerprint density at radius 2 is 2.06 bits per heavy atom. The van der Waals surface area contributed by atoms with Crippen molar-refractivity contribution in [3.05, 3.63) is 52.7 Å². The van der Waals surface area contributed by atoms with E-state index >= 15 is 0 Å². The predicted octanol–water partition coefficient (Wildman–Crippen LogP) is 3.13. The summed E-state index contributed by atoms with van der Waals surface area (Å²) >= 11 is 0. The van der Waals surface area contributed by atoms with Gasteiger partial charge in [0.2, 0.25) is 0 Å². The number of likely N-dealkylation sites (N-methyl/N-ethyl adjacent to an activating group) is 2. The molecule has 2 heterocycles.